The van der Waals surface area contributed by atoms with E-state index in [2.05, 4.69) is 32.1 Å². The summed E-state index contributed by atoms with van der Waals surface area (Å²) in [6.45, 7) is 2.05. The Morgan fingerprint density at radius 1 is 1.08 bits per heavy atom. The van der Waals surface area contributed by atoms with Gasteiger partial charge in [0.2, 0.25) is 0 Å². The number of aromatic nitrogens is 2. The molecule has 2 aromatic carbocycles. The minimum atomic E-state index is -4.46. The third-order valence-corrected chi connectivity index (χ3v) is 8.09. The van der Waals surface area contributed by atoms with Crippen LogP contribution < -0.4 is 16.2 Å². The van der Waals surface area contributed by atoms with E-state index in [1.165, 1.54) is 30.5 Å². The van der Waals surface area contributed by atoms with E-state index >= 15 is 0 Å². The van der Waals surface area contributed by atoms with Crippen LogP contribution >= 0.6 is 0 Å². The van der Waals surface area contributed by atoms with E-state index in [0.717, 1.165) is 42.5 Å². The van der Waals surface area contributed by atoms with Crippen molar-refractivity contribution in [2.75, 3.05) is 5.32 Å². The molecule has 3 N–H and O–H groups in total. The molecule has 0 radical (unpaired) electrons. The summed E-state index contributed by atoms with van der Waals surface area (Å²) in [5, 5.41) is 7.19. The molecule has 37 heavy (non-hydrogen) atoms. The topological polar surface area (TPSA) is 71.0 Å². The van der Waals surface area contributed by atoms with Crippen molar-refractivity contribution in [3.8, 4) is 0 Å². The van der Waals surface area contributed by atoms with Crippen LogP contribution in [0.5, 0.6) is 0 Å². The molecular weight excluding hydrogens is 479 g/mol. The minimum Gasteiger partial charge on any atom is -0.322 e. The molecule has 1 aliphatic heterocycles. The Balaban J connectivity index is 1.15. The maximum Gasteiger partial charge on any atom is 0.416 e. The van der Waals surface area contributed by atoms with E-state index in [1.807, 2.05) is 25.3 Å². The van der Waals surface area contributed by atoms with Crippen LogP contribution in [0.3, 0.4) is 0 Å². The molecule has 2 saturated carbocycles. The number of benzene rings is 2. The van der Waals surface area contributed by atoms with Gasteiger partial charge < -0.3 is 5.32 Å². The third kappa shape index (κ3) is 4.90. The second kappa shape index (κ2) is 9.29. The first-order valence-corrected chi connectivity index (χ1v) is 12.9. The molecule has 0 spiro atoms. The van der Waals surface area contributed by atoms with E-state index in [9.17, 15) is 18.0 Å². The predicted molar refractivity (Wildman–Crippen MR) is 134 cm³/mol. The summed E-state index contributed by atoms with van der Waals surface area (Å²) in [6.07, 6.45) is 5.14. The summed E-state index contributed by atoms with van der Waals surface area (Å²) < 4.78 is 41.3. The van der Waals surface area contributed by atoms with Crippen LogP contribution in [-0.2, 0) is 6.18 Å². The lowest BCUT2D eigenvalue weighted by Crippen LogP contribution is -2.35. The monoisotopic (exact) mass is 509 g/mol. The number of alkyl halides is 3. The highest BCUT2D eigenvalue weighted by atomic mass is 19.4. The lowest BCUT2D eigenvalue weighted by atomic mass is 9.72. The molecule has 2 aliphatic carbocycles. The van der Waals surface area contributed by atoms with Crippen molar-refractivity contribution >= 4 is 11.6 Å². The smallest absolute Gasteiger partial charge is 0.322 e. The maximum absolute atomic E-state index is 13.1. The summed E-state index contributed by atoms with van der Waals surface area (Å²) in [5.74, 6) is 0.355. The van der Waals surface area contributed by atoms with E-state index in [4.69, 9.17) is 0 Å². The number of nitrogens with one attached hydrogen (secondary N) is 3. The van der Waals surface area contributed by atoms with E-state index in [0.29, 0.717) is 29.5 Å². The Morgan fingerprint density at radius 3 is 2.70 bits per heavy atom. The number of hydrazine groups is 1. The highest BCUT2D eigenvalue weighted by Crippen LogP contribution is 2.45. The van der Waals surface area contributed by atoms with Gasteiger partial charge in [0.25, 0.3) is 5.91 Å². The first kappa shape index (κ1) is 24.2. The summed E-state index contributed by atoms with van der Waals surface area (Å²) in [4.78, 5) is 12.9. The van der Waals surface area contributed by atoms with Crippen LogP contribution in [0.2, 0.25) is 0 Å². The molecule has 3 aromatic rings. The van der Waals surface area contributed by atoms with Crippen molar-refractivity contribution in [1.82, 2.24) is 20.6 Å². The number of aryl methyl sites for hydroxylation is 1. The zero-order chi connectivity index (χ0) is 25.7. The summed E-state index contributed by atoms with van der Waals surface area (Å²) in [6, 6.07) is 11.4. The van der Waals surface area contributed by atoms with Crippen LogP contribution in [0.25, 0.3) is 0 Å². The molecule has 3 fully saturated rings. The Labute approximate surface area is 213 Å². The highest BCUT2D eigenvalue weighted by molar-refractivity contribution is 6.04. The molecule has 2 heterocycles. The number of hydrogen-bond acceptors (Lipinski definition) is 4. The lowest BCUT2D eigenvalue weighted by Gasteiger charge is -2.33. The quantitative estimate of drug-likeness (QED) is 0.401. The second-order valence-electron chi connectivity index (χ2n) is 10.6. The number of amides is 1. The molecular formula is C28H30F3N5O. The van der Waals surface area contributed by atoms with Gasteiger partial charge in [0.1, 0.15) is 0 Å². The van der Waals surface area contributed by atoms with Crippen LogP contribution in [0.1, 0.15) is 82.7 Å². The van der Waals surface area contributed by atoms with Crippen molar-refractivity contribution in [3.63, 3.8) is 0 Å². The molecule has 6 nitrogen and oxygen atoms in total. The Kier molecular flexibility index (Phi) is 6.07. The fourth-order valence-electron chi connectivity index (χ4n) is 5.93. The van der Waals surface area contributed by atoms with Gasteiger partial charge in [-0.15, -0.1) is 0 Å². The largest absolute Gasteiger partial charge is 0.416 e. The highest BCUT2D eigenvalue weighted by Gasteiger charge is 2.42. The predicted octanol–water partition coefficient (Wildman–Crippen LogP) is 5.90. The molecule has 1 aromatic heterocycles. The van der Waals surface area contributed by atoms with Crippen LogP contribution in [0.4, 0.5) is 18.9 Å². The Bertz CT molecular complexity index is 1320. The summed E-state index contributed by atoms with van der Waals surface area (Å²) in [5.41, 5.74) is 10.3. The number of nitrogens with zero attached hydrogens (tertiary/aromatic N) is 2. The Hall–Kier alpha value is -3.17. The summed E-state index contributed by atoms with van der Waals surface area (Å²) >= 11 is 0. The fourth-order valence-corrected chi connectivity index (χ4v) is 5.93. The van der Waals surface area contributed by atoms with Gasteiger partial charge in [0, 0.05) is 29.1 Å². The van der Waals surface area contributed by atoms with Gasteiger partial charge in [-0.2, -0.15) is 18.3 Å². The average molecular weight is 510 g/mol. The van der Waals surface area contributed by atoms with Gasteiger partial charge in [-0.25, -0.2) is 5.43 Å². The zero-order valence-electron chi connectivity index (χ0n) is 20.6. The molecule has 9 heteroatoms. The van der Waals surface area contributed by atoms with Gasteiger partial charge in [0.05, 0.1) is 23.8 Å². The Morgan fingerprint density at radius 2 is 1.92 bits per heavy atom. The number of anilines is 1. The third-order valence-electron chi connectivity index (χ3n) is 8.09. The van der Waals surface area contributed by atoms with Gasteiger partial charge >= 0.3 is 6.18 Å². The number of hydrogen-bond donors (Lipinski definition) is 3. The standard InChI is InChI=1S/C28H30F3N5O/c1-16-5-6-18(27(37)33-21-4-2-3-20(13-21)28(29,30)31)11-24(16)17-7-10-23-25(12-17)34-35-26(23)19-14-32-36(15-19)22-8-9-22/h2-6,11,13-15,17,22-23,25-26,34-35H,7-10,12H2,1H3,(H,33,37). The first-order chi connectivity index (χ1) is 17.8. The van der Waals surface area contributed by atoms with Crippen molar-refractivity contribution in [2.45, 2.75) is 69.2 Å². The molecule has 194 valence electrons. The minimum absolute atomic E-state index is 0.125. The number of carbonyl (C=O) groups excluding carboxylic acids is 1. The molecule has 1 saturated heterocycles. The molecule has 6 rings (SSSR count). The van der Waals surface area contributed by atoms with Crippen molar-refractivity contribution in [3.05, 3.63) is 82.7 Å². The number of halogens is 3. The van der Waals surface area contributed by atoms with Crippen molar-refractivity contribution < 1.29 is 18.0 Å². The number of rotatable bonds is 5. The second-order valence-corrected chi connectivity index (χ2v) is 10.6. The molecule has 3 aliphatic rings. The van der Waals surface area contributed by atoms with E-state index < -0.39 is 17.6 Å². The molecule has 1 amide bonds. The van der Waals surface area contributed by atoms with Crippen molar-refractivity contribution in [2.24, 2.45) is 5.92 Å². The lowest BCUT2D eigenvalue weighted by molar-refractivity contribution is -0.137. The summed E-state index contributed by atoms with van der Waals surface area (Å²) in [7, 11) is 0. The fraction of sp³-hybridized carbons (Fsp3) is 0.429. The zero-order valence-corrected chi connectivity index (χ0v) is 20.6. The van der Waals surface area contributed by atoms with Gasteiger partial charge in [-0.05, 0) is 92.3 Å². The van der Waals surface area contributed by atoms with Gasteiger partial charge in [0.15, 0.2) is 0 Å². The molecule has 0 bridgehead atoms. The van der Waals surface area contributed by atoms with E-state index in [1.54, 1.807) is 6.07 Å². The van der Waals surface area contributed by atoms with Gasteiger partial charge in [-0.1, -0.05) is 12.1 Å². The van der Waals surface area contributed by atoms with Crippen molar-refractivity contribution in [1.29, 1.82) is 0 Å². The SMILES string of the molecule is Cc1ccc(C(=O)Nc2cccc(C(F)(F)F)c2)cc1C1CCC2C(C1)NNC2c1cnn(C2CC2)c1. The molecule has 4 unspecified atom stereocenters. The van der Waals surface area contributed by atoms with Gasteiger partial charge in [-0.3, -0.25) is 14.9 Å². The first-order valence-electron chi connectivity index (χ1n) is 12.9. The van der Waals surface area contributed by atoms with Crippen LogP contribution in [-0.4, -0.2) is 21.7 Å². The average Bonchev–Trinajstić information content (AvgIpc) is 3.46. The number of fused-ring (bicyclic) bond motifs is 1. The van der Waals surface area contributed by atoms with Crippen LogP contribution in [0, 0.1) is 12.8 Å². The number of carbonyl (C=O) groups is 1. The molecule has 4 atom stereocenters. The normalized spacial score (nSPS) is 25.6. The van der Waals surface area contributed by atoms with E-state index in [-0.39, 0.29) is 11.7 Å². The van der Waals surface area contributed by atoms with Crippen LogP contribution in [0.15, 0.2) is 54.9 Å². The maximum atomic E-state index is 13.1.